The number of aromatic nitrogens is 3. The predicted molar refractivity (Wildman–Crippen MR) is 108 cm³/mol. The van der Waals surface area contributed by atoms with Gasteiger partial charge in [-0.15, -0.1) is 0 Å². The average Bonchev–Trinajstić information content (AvgIpc) is 3.10. The standard InChI is InChI=1S/C23H21N5O/c24-14-22(5-6-22)21(29)27-9-7-23(15-27)8-10-28-20(23)12-19(26-28)17-11-16-3-1-2-4-18(16)25-13-17/h1-4,11-13H,5-10,15H2. The Morgan fingerprint density at radius 3 is 2.76 bits per heavy atom. The van der Waals surface area contributed by atoms with Gasteiger partial charge in [-0.05, 0) is 43.9 Å². The molecule has 2 fully saturated rings. The number of hydrogen-bond acceptors (Lipinski definition) is 4. The molecule has 0 radical (unpaired) electrons. The Labute approximate surface area is 168 Å². The molecule has 29 heavy (non-hydrogen) atoms. The number of aryl methyl sites for hydroxylation is 1. The minimum Gasteiger partial charge on any atom is -0.340 e. The first-order valence-corrected chi connectivity index (χ1v) is 10.3. The number of hydrogen-bond donors (Lipinski definition) is 0. The van der Waals surface area contributed by atoms with E-state index in [-0.39, 0.29) is 11.3 Å². The van der Waals surface area contributed by atoms with E-state index in [1.54, 1.807) is 0 Å². The lowest BCUT2D eigenvalue weighted by molar-refractivity contribution is -0.134. The van der Waals surface area contributed by atoms with Gasteiger partial charge in [0.1, 0.15) is 5.41 Å². The number of nitriles is 1. The third-order valence-corrected chi connectivity index (χ3v) is 7.03. The number of para-hydroxylation sites is 1. The van der Waals surface area contributed by atoms with Crippen molar-refractivity contribution in [2.45, 2.75) is 37.6 Å². The topological polar surface area (TPSA) is 74.8 Å². The van der Waals surface area contributed by atoms with Crippen LogP contribution in [0, 0.1) is 16.7 Å². The molecule has 1 aromatic carbocycles. The molecule has 0 bridgehead atoms. The molecular weight excluding hydrogens is 362 g/mol. The van der Waals surface area contributed by atoms with E-state index in [0.29, 0.717) is 19.4 Å². The summed E-state index contributed by atoms with van der Waals surface area (Å²) in [5.74, 6) is 0.0359. The lowest BCUT2D eigenvalue weighted by atomic mass is 9.82. The Bertz CT molecular complexity index is 1200. The van der Waals surface area contributed by atoms with Gasteiger partial charge in [-0.25, -0.2) is 0 Å². The maximum atomic E-state index is 12.8. The average molecular weight is 383 g/mol. The van der Waals surface area contributed by atoms with Crippen molar-refractivity contribution in [1.29, 1.82) is 5.26 Å². The summed E-state index contributed by atoms with van der Waals surface area (Å²) >= 11 is 0. The van der Waals surface area contributed by atoms with Crippen LogP contribution in [0.25, 0.3) is 22.2 Å². The van der Waals surface area contributed by atoms with Crippen molar-refractivity contribution in [1.82, 2.24) is 19.7 Å². The minimum absolute atomic E-state index is 0.0310. The van der Waals surface area contributed by atoms with Gasteiger partial charge >= 0.3 is 0 Å². The molecule has 2 aliphatic heterocycles. The van der Waals surface area contributed by atoms with Gasteiger partial charge in [0.25, 0.3) is 0 Å². The molecule has 1 unspecified atom stereocenters. The van der Waals surface area contributed by atoms with Crippen molar-refractivity contribution in [2.75, 3.05) is 13.1 Å². The quantitative estimate of drug-likeness (QED) is 0.681. The molecule has 2 aromatic heterocycles. The summed E-state index contributed by atoms with van der Waals surface area (Å²) in [6.07, 6.45) is 5.27. The SMILES string of the molecule is N#CC1(C(=O)N2CCC3(CCn4nc(-c5cnc6ccccc6c5)cc43)C2)CC1. The van der Waals surface area contributed by atoms with E-state index >= 15 is 0 Å². The summed E-state index contributed by atoms with van der Waals surface area (Å²) in [6, 6.07) is 14.7. The number of amides is 1. The van der Waals surface area contributed by atoms with Crippen LogP contribution in [0.3, 0.4) is 0 Å². The molecular formula is C23H21N5O. The first-order valence-electron chi connectivity index (χ1n) is 10.3. The molecule has 3 aliphatic rings. The number of benzene rings is 1. The second kappa shape index (κ2) is 5.66. The molecule has 6 rings (SSSR count). The third kappa shape index (κ3) is 2.37. The number of carbonyl (C=O) groups is 1. The van der Waals surface area contributed by atoms with Crippen molar-refractivity contribution in [3.05, 3.63) is 48.3 Å². The Morgan fingerprint density at radius 1 is 1.10 bits per heavy atom. The molecule has 3 aromatic rings. The summed E-state index contributed by atoms with van der Waals surface area (Å²) in [6.45, 7) is 2.32. The highest BCUT2D eigenvalue weighted by atomic mass is 16.2. The first kappa shape index (κ1) is 16.7. The van der Waals surface area contributed by atoms with Crippen LogP contribution in [0.2, 0.25) is 0 Å². The highest BCUT2D eigenvalue weighted by Crippen LogP contribution is 2.50. The highest BCUT2D eigenvalue weighted by Gasteiger charge is 2.56. The fourth-order valence-corrected chi connectivity index (χ4v) is 5.07. The second-order valence-electron chi connectivity index (χ2n) is 8.76. The Balaban J connectivity index is 1.32. The van der Waals surface area contributed by atoms with Crippen molar-refractivity contribution < 1.29 is 4.79 Å². The van der Waals surface area contributed by atoms with E-state index < -0.39 is 5.41 Å². The van der Waals surface area contributed by atoms with Crippen LogP contribution >= 0.6 is 0 Å². The Morgan fingerprint density at radius 2 is 1.93 bits per heavy atom. The number of rotatable bonds is 2. The molecule has 1 atom stereocenters. The largest absolute Gasteiger partial charge is 0.340 e. The van der Waals surface area contributed by atoms with Crippen LogP contribution in [-0.4, -0.2) is 38.7 Å². The Hall–Kier alpha value is -3.20. The van der Waals surface area contributed by atoms with Crippen molar-refractivity contribution in [2.24, 2.45) is 5.41 Å². The number of carbonyl (C=O) groups excluding carboxylic acids is 1. The van der Waals surface area contributed by atoms with Gasteiger partial charge in [-0.3, -0.25) is 14.5 Å². The fraction of sp³-hybridized carbons (Fsp3) is 0.391. The third-order valence-electron chi connectivity index (χ3n) is 7.03. The molecule has 6 heteroatoms. The zero-order valence-corrected chi connectivity index (χ0v) is 16.1. The minimum atomic E-state index is -0.730. The first-order chi connectivity index (χ1) is 14.1. The van der Waals surface area contributed by atoms with E-state index in [1.807, 2.05) is 29.3 Å². The van der Waals surface area contributed by atoms with Crippen LogP contribution in [0.15, 0.2) is 42.6 Å². The molecule has 0 N–H and O–H groups in total. The zero-order chi connectivity index (χ0) is 19.6. The van der Waals surface area contributed by atoms with E-state index in [9.17, 15) is 10.1 Å². The number of fused-ring (bicyclic) bond motifs is 3. The van der Waals surface area contributed by atoms with Gasteiger partial charge < -0.3 is 4.90 Å². The summed E-state index contributed by atoms with van der Waals surface area (Å²) in [5, 5.41) is 15.4. The van der Waals surface area contributed by atoms with Gasteiger partial charge in [-0.1, -0.05) is 18.2 Å². The summed E-state index contributed by atoms with van der Waals surface area (Å²) in [5.41, 5.74) is 3.41. The van der Waals surface area contributed by atoms with Crippen LogP contribution in [0.4, 0.5) is 0 Å². The molecule has 4 heterocycles. The summed E-state index contributed by atoms with van der Waals surface area (Å²) in [7, 11) is 0. The van der Waals surface area contributed by atoms with Crippen molar-refractivity contribution in [3.8, 4) is 17.3 Å². The van der Waals surface area contributed by atoms with Crippen LogP contribution in [-0.2, 0) is 16.8 Å². The van der Waals surface area contributed by atoms with Gasteiger partial charge in [0.2, 0.25) is 5.91 Å². The van der Waals surface area contributed by atoms with E-state index in [2.05, 4.69) is 33.9 Å². The van der Waals surface area contributed by atoms with Gasteiger partial charge in [-0.2, -0.15) is 10.4 Å². The van der Waals surface area contributed by atoms with Gasteiger partial charge in [0.05, 0.1) is 17.3 Å². The van der Waals surface area contributed by atoms with Crippen molar-refractivity contribution >= 4 is 16.8 Å². The van der Waals surface area contributed by atoms with Crippen LogP contribution in [0.1, 0.15) is 31.4 Å². The lowest BCUT2D eigenvalue weighted by Gasteiger charge is -2.24. The fourth-order valence-electron chi connectivity index (χ4n) is 5.07. The normalized spacial score (nSPS) is 24.0. The van der Waals surface area contributed by atoms with E-state index in [4.69, 9.17) is 5.10 Å². The van der Waals surface area contributed by atoms with Gasteiger partial charge in [0, 0.05) is 47.9 Å². The van der Waals surface area contributed by atoms with Crippen LogP contribution < -0.4 is 0 Å². The number of likely N-dealkylation sites (tertiary alicyclic amines) is 1. The van der Waals surface area contributed by atoms with Crippen molar-refractivity contribution in [3.63, 3.8) is 0 Å². The smallest absolute Gasteiger partial charge is 0.243 e. The van der Waals surface area contributed by atoms with E-state index in [1.165, 1.54) is 5.69 Å². The van der Waals surface area contributed by atoms with Crippen LogP contribution in [0.5, 0.6) is 0 Å². The maximum Gasteiger partial charge on any atom is 0.243 e. The zero-order valence-electron chi connectivity index (χ0n) is 16.1. The second-order valence-corrected chi connectivity index (χ2v) is 8.76. The predicted octanol–water partition coefficient (Wildman–Crippen LogP) is 3.28. The molecule has 1 amide bonds. The summed E-state index contributed by atoms with van der Waals surface area (Å²) in [4.78, 5) is 19.3. The molecule has 1 saturated carbocycles. The molecule has 144 valence electrons. The highest BCUT2D eigenvalue weighted by molar-refractivity contribution is 5.88. The number of nitrogens with zero attached hydrogens (tertiary/aromatic N) is 5. The molecule has 1 saturated heterocycles. The summed E-state index contributed by atoms with van der Waals surface area (Å²) < 4.78 is 2.11. The van der Waals surface area contributed by atoms with E-state index in [0.717, 1.165) is 48.1 Å². The van der Waals surface area contributed by atoms with Gasteiger partial charge in [0.15, 0.2) is 0 Å². The number of pyridine rings is 1. The Kier molecular flexibility index (Phi) is 3.27. The lowest BCUT2D eigenvalue weighted by Crippen LogP contribution is -2.37. The maximum absolute atomic E-state index is 12.8. The molecule has 1 spiro atoms. The molecule has 1 aliphatic carbocycles. The molecule has 6 nitrogen and oxygen atoms in total. The monoisotopic (exact) mass is 383 g/mol.